The lowest BCUT2D eigenvalue weighted by atomic mass is 10.1. The largest absolute Gasteiger partial charge is 0.332 e. The number of rotatable bonds is 3. The molecule has 2 rings (SSSR count). The number of carbonyl (C=O) groups is 1. The first kappa shape index (κ1) is 14.6. The maximum atomic E-state index is 12.0. The second-order valence-corrected chi connectivity index (χ2v) is 4.72. The van der Waals surface area contributed by atoms with Gasteiger partial charge in [0.2, 0.25) is 0 Å². The van der Waals surface area contributed by atoms with Crippen LogP contribution < -0.4 is 22.1 Å². The van der Waals surface area contributed by atoms with E-state index in [1.807, 2.05) is 13.0 Å². The van der Waals surface area contributed by atoms with Gasteiger partial charge >= 0.3 is 5.69 Å². The lowest BCUT2D eigenvalue weighted by molar-refractivity contribution is 0.0962. The molecule has 2 aromatic rings. The van der Waals surface area contributed by atoms with Crippen molar-refractivity contribution in [2.24, 2.45) is 14.1 Å². The summed E-state index contributed by atoms with van der Waals surface area (Å²) >= 11 is 0. The zero-order chi connectivity index (χ0) is 15.6. The third-order valence-corrected chi connectivity index (χ3v) is 3.11. The van der Waals surface area contributed by atoms with Gasteiger partial charge in [0.05, 0.1) is 0 Å². The first-order chi connectivity index (χ1) is 9.90. The van der Waals surface area contributed by atoms with Gasteiger partial charge in [-0.25, -0.2) is 4.79 Å². The van der Waals surface area contributed by atoms with E-state index in [4.69, 9.17) is 0 Å². The Morgan fingerprint density at radius 1 is 1.10 bits per heavy atom. The molecule has 0 bridgehead atoms. The summed E-state index contributed by atoms with van der Waals surface area (Å²) in [7, 11) is 2.89. The maximum Gasteiger partial charge on any atom is 0.332 e. The van der Waals surface area contributed by atoms with E-state index in [-0.39, 0.29) is 11.7 Å². The molecule has 0 unspecified atom stereocenters. The van der Waals surface area contributed by atoms with Crippen molar-refractivity contribution in [2.45, 2.75) is 6.92 Å². The van der Waals surface area contributed by atoms with Crippen LogP contribution in [0.1, 0.15) is 15.9 Å². The van der Waals surface area contributed by atoms with Crippen molar-refractivity contribution in [3.05, 3.63) is 62.3 Å². The molecule has 1 amide bonds. The van der Waals surface area contributed by atoms with Crippen molar-refractivity contribution in [1.82, 2.24) is 14.6 Å². The molecule has 1 heterocycles. The molecule has 0 saturated heterocycles. The van der Waals surface area contributed by atoms with E-state index >= 15 is 0 Å². The van der Waals surface area contributed by atoms with E-state index in [0.717, 1.165) is 10.1 Å². The number of nitrogens with one attached hydrogen (secondary N) is 2. The molecule has 7 nitrogen and oxygen atoms in total. The molecule has 0 radical (unpaired) electrons. The van der Waals surface area contributed by atoms with Crippen molar-refractivity contribution in [3.63, 3.8) is 0 Å². The van der Waals surface area contributed by atoms with Crippen LogP contribution in [0.15, 0.2) is 39.9 Å². The Kier molecular flexibility index (Phi) is 3.93. The van der Waals surface area contributed by atoms with Crippen LogP contribution in [0.25, 0.3) is 0 Å². The van der Waals surface area contributed by atoms with Crippen molar-refractivity contribution in [2.75, 3.05) is 5.43 Å². The molecule has 0 aliphatic rings. The van der Waals surface area contributed by atoms with Gasteiger partial charge in [-0.1, -0.05) is 17.7 Å². The molecule has 0 saturated carbocycles. The summed E-state index contributed by atoms with van der Waals surface area (Å²) in [6.45, 7) is 1.88. The molecule has 0 aliphatic carbocycles. The number of benzene rings is 1. The minimum Gasteiger partial charge on any atom is -0.283 e. The highest BCUT2D eigenvalue weighted by molar-refractivity contribution is 5.94. The van der Waals surface area contributed by atoms with Gasteiger partial charge in [0.1, 0.15) is 5.82 Å². The highest BCUT2D eigenvalue weighted by Gasteiger charge is 2.08. The Morgan fingerprint density at radius 2 is 1.81 bits per heavy atom. The predicted molar refractivity (Wildman–Crippen MR) is 79.2 cm³/mol. The fourth-order valence-electron chi connectivity index (χ4n) is 1.83. The van der Waals surface area contributed by atoms with Crippen molar-refractivity contribution in [3.8, 4) is 0 Å². The van der Waals surface area contributed by atoms with Gasteiger partial charge in [0.15, 0.2) is 0 Å². The van der Waals surface area contributed by atoms with E-state index in [1.165, 1.54) is 24.7 Å². The second kappa shape index (κ2) is 5.66. The van der Waals surface area contributed by atoms with Gasteiger partial charge < -0.3 is 0 Å². The zero-order valence-electron chi connectivity index (χ0n) is 12.0. The Bertz CT molecular complexity index is 805. The number of aromatic nitrogens is 2. The SMILES string of the molecule is Cc1cccc(C(=O)NNc2cc(=O)n(C)c(=O)n2C)c1. The van der Waals surface area contributed by atoms with E-state index in [0.29, 0.717) is 5.56 Å². The average molecular weight is 288 g/mol. The summed E-state index contributed by atoms with van der Waals surface area (Å²) in [5.41, 5.74) is 5.56. The topological polar surface area (TPSA) is 85.1 Å². The average Bonchev–Trinajstić information content (AvgIpc) is 2.47. The first-order valence-corrected chi connectivity index (χ1v) is 6.30. The number of hydrogen-bond donors (Lipinski definition) is 2. The summed E-state index contributed by atoms with van der Waals surface area (Å²) < 4.78 is 2.21. The van der Waals surface area contributed by atoms with E-state index in [9.17, 15) is 14.4 Å². The van der Waals surface area contributed by atoms with Crippen LogP contribution in [0.2, 0.25) is 0 Å². The van der Waals surface area contributed by atoms with Crippen LogP contribution >= 0.6 is 0 Å². The molecular weight excluding hydrogens is 272 g/mol. The number of aryl methyl sites for hydroxylation is 1. The lowest BCUT2D eigenvalue weighted by Gasteiger charge is -2.12. The third kappa shape index (κ3) is 3.02. The second-order valence-electron chi connectivity index (χ2n) is 4.72. The van der Waals surface area contributed by atoms with E-state index in [2.05, 4.69) is 10.9 Å². The van der Waals surface area contributed by atoms with E-state index < -0.39 is 11.2 Å². The standard InChI is InChI=1S/C14H16N4O3/c1-9-5-4-6-10(7-9)13(20)16-15-11-8-12(19)18(3)14(21)17(11)2/h4-8,15H,1-3H3,(H,16,20). The van der Waals surface area contributed by atoms with Crippen LogP contribution in [0.3, 0.4) is 0 Å². The molecule has 0 atom stereocenters. The maximum absolute atomic E-state index is 12.0. The van der Waals surface area contributed by atoms with Crippen LogP contribution in [0.4, 0.5) is 5.82 Å². The Labute approximate surface area is 120 Å². The Hall–Kier alpha value is -2.83. The minimum absolute atomic E-state index is 0.212. The van der Waals surface area contributed by atoms with Crippen LogP contribution in [0, 0.1) is 6.92 Å². The quantitative estimate of drug-likeness (QED) is 0.787. The number of amides is 1. The summed E-state index contributed by atoms with van der Waals surface area (Å²) in [6, 6.07) is 8.30. The van der Waals surface area contributed by atoms with Crippen molar-refractivity contribution < 1.29 is 4.79 Å². The molecule has 21 heavy (non-hydrogen) atoms. The number of hydrazine groups is 1. The minimum atomic E-state index is -0.477. The van der Waals surface area contributed by atoms with Crippen molar-refractivity contribution in [1.29, 1.82) is 0 Å². The normalized spacial score (nSPS) is 10.2. The molecule has 7 heteroatoms. The predicted octanol–water partition coefficient (Wildman–Crippen LogP) is 0.149. The highest BCUT2D eigenvalue weighted by atomic mass is 16.2. The van der Waals surface area contributed by atoms with Crippen LogP contribution in [0.5, 0.6) is 0 Å². The molecule has 1 aromatic carbocycles. The summed E-state index contributed by atoms with van der Waals surface area (Å²) in [4.78, 5) is 35.3. The zero-order valence-corrected chi connectivity index (χ0v) is 12.0. The number of carbonyl (C=O) groups excluding carboxylic acids is 1. The first-order valence-electron chi connectivity index (χ1n) is 6.30. The number of nitrogens with zero attached hydrogens (tertiary/aromatic N) is 2. The monoisotopic (exact) mass is 288 g/mol. The van der Waals surface area contributed by atoms with Crippen molar-refractivity contribution >= 4 is 11.7 Å². The lowest BCUT2D eigenvalue weighted by Crippen LogP contribution is -2.40. The Balaban J connectivity index is 2.19. The van der Waals surface area contributed by atoms with Gasteiger partial charge in [-0.15, -0.1) is 0 Å². The molecule has 0 aliphatic heterocycles. The fraction of sp³-hybridized carbons (Fsp3) is 0.214. The Morgan fingerprint density at radius 3 is 2.48 bits per heavy atom. The molecule has 0 fully saturated rings. The third-order valence-electron chi connectivity index (χ3n) is 3.11. The molecule has 0 spiro atoms. The molecular formula is C14H16N4O3. The summed E-state index contributed by atoms with van der Waals surface area (Å²) in [5, 5.41) is 0. The van der Waals surface area contributed by atoms with Gasteiger partial charge in [-0.3, -0.25) is 29.6 Å². The summed E-state index contributed by atoms with van der Waals surface area (Å²) in [6.07, 6.45) is 0. The number of anilines is 1. The van der Waals surface area contributed by atoms with Gasteiger partial charge in [-0.2, -0.15) is 0 Å². The van der Waals surface area contributed by atoms with Crippen LogP contribution in [-0.4, -0.2) is 15.0 Å². The summed E-state index contributed by atoms with van der Waals surface area (Å²) in [5.74, 6) is -0.143. The van der Waals surface area contributed by atoms with Gasteiger partial charge in [0.25, 0.3) is 11.5 Å². The fourth-order valence-corrected chi connectivity index (χ4v) is 1.83. The van der Waals surface area contributed by atoms with E-state index in [1.54, 1.807) is 18.2 Å². The van der Waals surface area contributed by atoms with Gasteiger partial charge in [0, 0.05) is 25.7 Å². The highest BCUT2D eigenvalue weighted by Crippen LogP contribution is 2.04. The molecule has 110 valence electrons. The smallest absolute Gasteiger partial charge is 0.283 e. The van der Waals surface area contributed by atoms with Crippen LogP contribution in [-0.2, 0) is 14.1 Å². The molecule has 2 N–H and O–H groups in total. The van der Waals surface area contributed by atoms with Gasteiger partial charge in [-0.05, 0) is 19.1 Å². The number of hydrogen-bond acceptors (Lipinski definition) is 4. The molecule has 1 aromatic heterocycles.